The van der Waals surface area contributed by atoms with Crippen molar-refractivity contribution < 1.29 is 13.3 Å². The van der Waals surface area contributed by atoms with Crippen LogP contribution in [-0.2, 0) is 10.0 Å². The van der Waals surface area contributed by atoms with Crippen LogP contribution in [-0.4, -0.2) is 43.3 Å². The number of nitro benzene ring substituents is 1. The molecule has 0 spiro atoms. The lowest BCUT2D eigenvalue weighted by Gasteiger charge is -2.32. The van der Waals surface area contributed by atoms with E-state index in [4.69, 9.17) is 0 Å². The summed E-state index contributed by atoms with van der Waals surface area (Å²) in [7, 11) is -3.84. The molecule has 1 aliphatic heterocycles. The summed E-state index contributed by atoms with van der Waals surface area (Å²) < 4.78 is 26.3. The molecule has 1 N–H and O–H groups in total. The largest absolute Gasteiger partial charge is 0.314 e. The molecule has 0 aliphatic carbocycles. The first-order valence-electron chi connectivity index (χ1n) is 5.90. The Morgan fingerprint density at radius 3 is 2.65 bits per heavy atom. The molecule has 1 fully saturated rings. The molecule has 1 aromatic rings. The van der Waals surface area contributed by atoms with Crippen molar-refractivity contribution in [3.8, 4) is 0 Å². The van der Waals surface area contributed by atoms with Gasteiger partial charge in [0.1, 0.15) is 0 Å². The van der Waals surface area contributed by atoms with Crippen molar-refractivity contribution in [1.29, 1.82) is 0 Å². The quantitative estimate of drug-likeness (QED) is 0.662. The highest BCUT2D eigenvalue weighted by molar-refractivity contribution is 7.89. The molecule has 0 bridgehead atoms. The van der Waals surface area contributed by atoms with E-state index in [0.717, 1.165) is 0 Å². The zero-order valence-electron chi connectivity index (χ0n) is 10.9. The number of piperazine rings is 1. The molecule has 1 atom stereocenters. The Morgan fingerprint density at radius 1 is 1.40 bits per heavy atom. The highest BCUT2D eigenvalue weighted by atomic mass is 35.5. The van der Waals surface area contributed by atoms with Crippen LogP contribution in [0, 0.1) is 10.1 Å². The summed E-state index contributed by atoms with van der Waals surface area (Å²) in [4.78, 5) is 10.0. The Bertz CT molecular complexity index is 593. The van der Waals surface area contributed by atoms with Crippen molar-refractivity contribution in [2.45, 2.75) is 17.9 Å². The minimum absolute atomic E-state index is 0. The molecule has 7 nitrogen and oxygen atoms in total. The zero-order valence-corrected chi connectivity index (χ0v) is 12.5. The second-order valence-corrected chi connectivity index (χ2v) is 6.25. The maximum absolute atomic E-state index is 12.5. The zero-order chi connectivity index (χ0) is 14.0. The van der Waals surface area contributed by atoms with Crippen molar-refractivity contribution in [3.05, 3.63) is 34.4 Å². The van der Waals surface area contributed by atoms with E-state index in [0.29, 0.717) is 19.6 Å². The highest BCUT2D eigenvalue weighted by Gasteiger charge is 2.35. The number of nitro groups is 1. The number of hydrogen-bond acceptors (Lipinski definition) is 5. The Hall–Kier alpha value is -1.22. The molecule has 0 radical (unpaired) electrons. The molecule has 20 heavy (non-hydrogen) atoms. The van der Waals surface area contributed by atoms with Gasteiger partial charge in [0.05, 0.1) is 4.92 Å². The van der Waals surface area contributed by atoms with E-state index in [2.05, 4.69) is 5.32 Å². The Labute approximate surface area is 123 Å². The third kappa shape index (κ3) is 3.09. The van der Waals surface area contributed by atoms with Gasteiger partial charge in [-0.25, -0.2) is 8.42 Å². The summed E-state index contributed by atoms with van der Waals surface area (Å²) in [5.74, 6) is 0. The first-order chi connectivity index (χ1) is 8.94. The summed E-state index contributed by atoms with van der Waals surface area (Å²) in [5, 5.41) is 14.0. The molecule has 0 aromatic heterocycles. The number of nitrogens with zero attached hydrogens (tertiary/aromatic N) is 2. The monoisotopic (exact) mass is 321 g/mol. The third-order valence-corrected chi connectivity index (χ3v) is 5.15. The number of nitrogens with one attached hydrogen (secondary N) is 1. The van der Waals surface area contributed by atoms with E-state index in [-0.39, 0.29) is 29.0 Å². The molecule has 0 saturated carbocycles. The van der Waals surface area contributed by atoms with Crippen molar-refractivity contribution in [1.82, 2.24) is 9.62 Å². The third-order valence-electron chi connectivity index (χ3n) is 3.09. The van der Waals surface area contributed by atoms with Gasteiger partial charge in [0.25, 0.3) is 5.69 Å². The van der Waals surface area contributed by atoms with Crippen LogP contribution in [0.1, 0.15) is 6.92 Å². The van der Waals surface area contributed by atoms with Crippen LogP contribution in [0.25, 0.3) is 0 Å². The van der Waals surface area contributed by atoms with Gasteiger partial charge in [-0.05, 0) is 13.0 Å². The van der Waals surface area contributed by atoms with Crippen molar-refractivity contribution >= 4 is 28.1 Å². The van der Waals surface area contributed by atoms with Crippen LogP contribution in [0.5, 0.6) is 0 Å². The lowest BCUT2D eigenvalue weighted by Crippen LogP contribution is -2.52. The topological polar surface area (TPSA) is 92.6 Å². The summed E-state index contributed by atoms with van der Waals surface area (Å²) in [6.07, 6.45) is 0. The summed E-state index contributed by atoms with van der Waals surface area (Å²) in [5.41, 5.74) is -0.381. The number of rotatable bonds is 3. The van der Waals surface area contributed by atoms with Crippen LogP contribution in [0.15, 0.2) is 29.2 Å². The summed E-state index contributed by atoms with van der Waals surface area (Å²) in [6, 6.07) is 5.21. The molecule has 2 rings (SSSR count). The van der Waals surface area contributed by atoms with Gasteiger partial charge < -0.3 is 5.32 Å². The van der Waals surface area contributed by atoms with E-state index in [1.165, 1.54) is 28.6 Å². The first-order valence-corrected chi connectivity index (χ1v) is 7.34. The maximum Gasteiger partial charge on any atom is 0.289 e. The lowest BCUT2D eigenvalue weighted by molar-refractivity contribution is -0.387. The predicted octanol–water partition coefficient (Wildman–Crippen LogP) is 0.999. The minimum Gasteiger partial charge on any atom is -0.314 e. The Morgan fingerprint density at radius 2 is 2.05 bits per heavy atom. The standard InChI is InChI=1S/C11H15N3O4S.ClH/c1-9-8-12-6-7-13(9)19(17,18)11-5-3-2-4-10(11)14(15)16;/h2-5,9,12H,6-8H2,1H3;1H/t9-;/m1./s1. The molecular formula is C11H16ClN3O4S. The molecule has 9 heteroatoms. The SMILES string of the molecule is C[C@@H]1CNCCN1S(=O)(=O)c1ccccc1[N+](=O)[O-].Cl. The van der Waals surface area contributed by atoms with Gasteiger partial charge in [0.15, 0.2) is 4.90 Å². The van der Waals surface area contributed by atoms with Gasteiger partial charge in [0.2, 0.25) is 10.0 Å². The number of benzene rings is 1. The fraction of sp³-hybridized carbons (Fsp3) is 0.455. The molecule has 112 valence electrons. The average molecular weight is 322 g/mol. The van der Waals surface area contributed by atoms with Crippen molar-refractivity contribution in [3.63, 3.8) is 0 Å². The Kier molecular flexibility index (Phi) is 5.46. The molecular weight excluding hydrogens is 306 g/mol. The fourth-order valence-corrected chi connectivity index (χ4v) is 3.92. The second kappa shape index (κ2) is 6.49. The number of sulfonamides is 1. The molecule has 1 heterocycles. The van der Waals surface area contributed by atoms with Gasteiger partial charge >= 0.3 is 0 Å². The Balaban J connectivity index is 0.00000200. The van der Waals surface area contributed by atoms with E-state index in [1.807, 2.05) is 0 Å². The number of hydrogen-bond donors (Lipinski definition) is 1. The first kappa shape index (κ1) is 16.8. The van der Waals surface area contributed by atoms with Crippen LogP contribution in [0.3, 0.4) is 0 Å². The normalized spacial score (nSPS) is 20.1. The average Bonchev–Trinajstić information content (AvgIpc) is 2.39. The molecule has 0 unspecified atom stereocenters. The van der Waals surface area contributed by atoms with E-state index < -0.39 is 14.9 Å². The molecule has 1 aliphatic rings. The van der Waals surface area contributed by atoms with Crippen LogP contribution in [0.2, 0.25) is 0 Å². The fourth-order valence-electron chi connectivity index (χ4n) is 2.13. The van der Waals surface area contributed by atoms with Crippen LogP contribution in [0.4, 0.5) is 5.69 Å². The number of para-hydroxylation sites is 1. The lowest BCUT2D eigenvalue weighted by atomic mass is 10.3. The van der Waals surface area contributed by atoms with Gasteiger partial charge in [-0.2, -0.15) is 4.31 Å². The van der Waals surface area contributed by atoms with Crippen molar-refractivity contribution in [2.24, 2.45) is 0 Å². The van der Waals surface area contributed by atoms with E-state index in [9.17, 15) is 18.5 Å². The number of halogens is 1. The van der Waals surface area contributed by atoms with Gasteiger partial charge in [-0.15, -0.1) is 12.4 Å². The van der Waals surface area contributed by atoms with E-state index >= 15 is 0 Å². The van der Waals surface area contributed by atoms with Crippen LogP contribution < -0.4 is 5.32 Å². The molecule has 0 amide bonds. The molecule has 1 aromatic carbocycles. The van der Waals surface area contributed by atoms with Gasteiger partial charge in [-0.3, -0.25) is 10.1 Å². The van der Waals surface area contributed by atoms with Gasteiger partial charge in [-0.1, -0.05) is 12.1 Å². The second-order valence-electron chi connectivity index (χ2n) is 4.39. The van der Waals surface area contributed by atoms with Crippen molar-refractivity contribution in [2.75, 3.05) is 19.6 Å². The van der Waals surface area contributed by atoms with Gasteiger partial charge in [0, 0.05) is 31.7 Å². The minimum atomic E-state index is -3.84. The summed E-state index contributed by atoms with van der Waals surface area (Å²) >= 11 is 0. The van der Waals surface area contributed by atoms with E-state index in [1.54, 1.807) is 6.92 Å². The molecule has 1 saturated heterocycles. The van der Waals surface area contributed by atoms with Crippen LogP contribution >= 0.6 is 12.4 Å². The smallest absolute Gasteiger partial charge is 0.289 e. The maximum atomic E-state index is 12.5. The predicted molar refractivity (Wildman–Crippen MR) is 76.6 cm³/mol. The summed E-state index contributed by atoms with van der Waals surface area (Å²) in [6.45, 7) is 3.18. The highest BCUT2D eigenvalue weighted by Crippen LogP contribution is 2.27.